The number of aliphatic hydroxyl groups is 1. The fourth-order valence-corrected chi connectivity index (χ4v) is 1.30. The molecule has 0 heterocycles. The maximum atomic E-state index is 13.0. The van der Waals surface area contributed by atoms with Crippen LogP contribution in [0.15, 0.2) is 18.2 Å². The topological polar surface area (TPSA) is 46.2 Å². The van der Waals surface area contributed by atoms with Crippen LogP contribution in [0.1, 0.15) is 17.2 Å². The van der Waals surface area contributed by atoms with E-state index < -0.39 is 41.7 Å². The van der Waals surface area contributed by atoms with Gasteiger partial charge in [-0.25, -0.2) is 13.2 Å². The molecule has 0 aromatic heterocycles. The summed E-state index contributed by atoms with van der Waals surface area (Å²) in [6.45, 7) is -1.62. The highest BCUT2D eigenvalue weighted by Gasteiger charge is 2.40. The van der Waals surface area contributed by atoms with Crippen molar-refractivity contribution in [2.45, 2.75) is 18.1 Å². The van der Waals surface area contributed by atoms with Gasteiger partial charge in [-0.3, -0.25) is 0 Å². The van der Waals surface area contributed by atoms with Crippen molar-refractivity contribution < 1.29 is 31.4 Å². The molecule has 1 aromatic carbocycles. The van der Waals surface area contributed by atoms with E-state index in [9.17, 15) is 26.3 Å². The van der Waals surface area contributed by atoms with E-state index in [1.807, 2.05) is 0 Å². The summed E-state index contributed by atoms with van der Waals surface area (Å²) in [5, 5.41) is 8.38. The molecule has 0 radical (unpaired) electrons. The molecular weight excluding hydrogens is 300 g/mol. The van der Waals surface area contributed by atoms with E-state index in [4.69, 9.17) is 10.8 Å². The minimum atomic E-state index is -5.01. The molecule has 1 atom stereocenters. The zero-order valence-electron chi connectivity index (χ0n) is 9.22. The molecule has 19 heavy (non-hydrogen) atoms. The molecule has 0 bridgehead atoms. The van der Waals surface area contributed by atoms with Crippen LogP contribution in [0, 0.1) is 5.82 Å². The van der Waals surface area contributed by atoms with Crippen LogP contribution in [0.4, 0.5) is 26.3 Å². The molecule has 0 fully saturated rings. The van der Waals surface area contributed by atoms with Crippen LogP contribution in [0.5, 0.6) is 0 Å². The first-order valence-electron chi connectivity index (χ1n) is 4.70. The molecule has 0 aliphatic carbocycles. The third-order valence-electron chi connectivity index (χ3n) is 2.32. The number of aliphatic hydroxyl groups excluding tert-OH is 1. The van der Waals surface area contributed by atoms with Crippen LogP contribution in [0.2, 0.25) is 0 Å². The van der Waals surface area contributed by atoms with E-state index in [-0.39, 0.29) is 18.5 Å². The highest BCUT2D eigenvalue weighted by atomic mass is 35.5. The van der Waals surface area contributed by atoms with Gasteiger partial charge in [-0.1, -0.05) is 6.07 Å². The van der Waals surface area contributed by atoms with E-state index in [0.29, 0.717) is 6.07 Å². The first kappa shape index (κ1) is 18.0. The van der Waals surface area contributed by atoms with Gasteiger partial charge in [0.05, 0.1) is 11.6 Å². The molecule has 0 spiro atoms. The van der Waals surface area contributed by atoms with Gasteiger partial charge in [0.25, 0.3) is 5.92 Å². The fraction of sp³-hybridized carbons (Fsp3) is 0.400. The predicted molar refractivity (Wildman–Crippen MR) is 57.6 cm³/mol. The quantitative estimate of drug-likeness (QED) is 0.843. The van der Waals surface area contributed by atoms with Crippen LogP contribution in [-0.2, 0) is 6.18 Å². The smallest absolute Gasteiger partial charge is 0.390 e. The molecule has 0 saturated carbocycles. The summed E-state index contributed by atoms with van der Waals surface area (Å²) in [4.78, 5) is 0. The minimum absolute atomic E-state index is 0. The summed E-state index contributed by atoms with van der Waals surface area (Å²) in [5.41, 5.74) is 2.76. The predicted octanol–water partition coefficient (Wildman–Crippen LogP) is 2.89. The highest BCUT2D eigenvalue weighted by Crippen LogP contribution is 2.35. The number of alkyl halides is 5. The molecule has 2 nitrogen and oxygen atoms in total. The SMILES string of the molecule is Cl.N[C@H](c1ccc(F)c(C(F)(F)F)c1)C(F)(F)CO. The molecule has 9 heteroatoms. The number of nitrogens with two attached hydrogens (primary N) is 1. The maximum absolute atomic E-state index is 13.0. The van der Waals surface area contributed by atoms with Crippen LogP contribution in [-0.4, -0.2) is 17.6 Å². The van der Waals surface area contributed by atoms with Crippen LogP contribution in [0.25, 0.3) is 0 Å². The zero-order valence-corrected chi connectivity index (χ0v) is 10.0. The summed E-state index contributed by atoms with van der Waals surface area (Å²) in [5.74, 6) is -5.37. The largest absolute Gasteiger partial charge is 0.419 e. The van der Waals surface area contributed by atoms with E-state index in [1.165, 1.54) is 0 Å². The van der Waals surface area contributed by atoms with Gasteiger partial charge in [0.2, 0.25) is 0 Å². The summed E-state index contributed by atoms with van der Waals surface area (Å²) >= 11 is 0. The van der Waals surface area contributed by atoms with Crippen LogP contribution in [0.3, 0.4) is 0 Å². The third-order valence-corrected chi connectivity index (χ3v) is 2.32. The number of benzene rings is 1. The van der Waals surface area contributed by atoms with Gasteiger partial charge in [0.15, 0.2) is 0 Å². The molecule has 0 aliphatic heterocycles. The van der Waals surface area contributed by atoms with Gasteiger partial charge in [0, 0.05) is 0 Å². The Hall–Kier alpha value is -0.990. The third kappa shape index (κ3) is 3.99. The average Bonchev–Trinajstić information content (AvgIpc) is 2.27. The fourth-order valence-electron chi connectivity index (χ4n) is 1.30. The maximum Gasteiger partial charge on any atom is 0.419 e. The zero-order chi connectivity index (χ0) is 14.1. The number of rotatable bonds is 3. The molecular formula is C10H10ClF6NO. The van der Waals surface area contributed by atoms with E-state index in [1.54, 1.807) is 0 Å². The van der Waals surface area contributed by atoms with E-state index in [2.05, 4.69) is 0 Å². The van der Waals surface area contributed by atoms with E-state index >= 15 is 0 Å². The van der Waals surface area contributed by atoms with Crippen molar-refractivity contribution in [2.75, 3.05) is 6.61 Å². The highest BCUT2D eigenvalue weighted by molar-refractivity contribution is 5.85. The lowest BCUT2D eigenvalue weighted by Gasteiger charge is -2.22. The Balaban J connectivity index is 0.00000324. The van der Waals surface area contributed by atoms with Gasteiger partial charge < -0.3 is 10.8 Å². The Morgan fingerprint density at radius 1 is 1.16 bits per heavy atom. The number of halogens is 7. The lowest BCUT2D eigenvalue weighted by Crippen LogP contribution is -2.36. The lowest BCUT2D eigenvalue weighted by molar-refractivity contribution is -0.140. The van der Waals surface area contributed by atoms with Crippen LogP contribution >= 0.6 is 12.4 Å². The Bertz CT molecular complexity index is 437. The second-order valence-corrected chi connectivity index (χ2v) is 3.63. The van der Waals surface area contributed by atoms with E-state index in [0.717, 1.165) is 6.07 Å². The first-order valence-corrected chi connectivity index (χ1v) is 4.70. The van der Waals surface area contributed by atoms with Crippen molar-refractivity contribution in [3.8, 4) is 0 Å². The molecule has 0 amide bonds. The average molecular weight is 310 g/mol. The molecule has 110 valence electrons. The second kappa shape index (κ2) is 5.98. The summed E-state index contributed by atoms with van der Waals surface area (Å²) in [6.07, 6.45) is -5.01. The Kier molecular flexibility index (Phi) is 5.66. The summed E-state index contributed by atoms with van der Waals surface area (Å²) in [7, 11) is 0. The van der Waals surface area contributed by atoms with Crippen molar-refractivity contribution in [3.05, 3.63) is 35.1 Å². The Labute approximate surface area is 110 Å². The van der Waals surface area contributed by atoms with Crippen molar-refractivity contribution in [1.29, 1.82) is 0 Å². The van der Waals surface area contributed by atoms with Crippen molar-refractivity contribution in [2.24, 2.45) is 5.73 Å². The lowest BCUT2D eigenvalue weighted by atomic mass is 9.99. The molecule has 0 aliphatic rings. The second-order valence-electron chi connectivity index (χ2n) is 3.63. The molecule has 1 aromatic rings. The van der Waals surface area contributed by atoms with Crippen molar-refractivity contribution >= 4 is 12.4 Å². The number of hydrogen-bond donors (Lipinski definition) is 2. The van der Waals surface area contributed by atoms with Gasteiger partial charge in [0.1, 0.15) is 12.4 Å². The van der Waals surface area contributed by atoms with Gasteiger partial charge in [-0.05, 0) is 17.7 Å². The minimum Gasteiger partial charge on any atom is -0.390 e. The molecule has 3 N–H and O–H groups in total. The normalized spacial score (nSPS) is 13.9. The standard InChI is InChI=1S/C10H9F6NO.ClH/c11-7-2-1-5(3-6(7)10(14,15)16)8(17)9(12,13)4-18;/h1-3,8,18H,4,17H2;1H/t8-;/m1./s1. The molecule has 1 rings (SSSR count). The van der Waals surface area contributed by atoms with Gasteiger partial charge >= 0.3 is 6.18 Å². The summed E-state index contributed by atoms with van der Waals surface area (Å²) in [6, 6.07) is -0.808. The molecule has 0 saturated heterocycles. The van der Waals surface area contributed by atoms with Crippen molar-refractivity contribution in [1.82, 2.24) is 0 Å². The Morgan fingerprint density at radius 2 is 1.68 bits per heavy atom. The van der Waals surface area contributed by atoms with Crippen molar-refractivity contribution in [3.63, 3.8) is 0 Å². The Morgan fingerprint density at radius 3 is 2.11 bits per heavy atom. The van der Waals surface area contributed by atoms with Crippen LogP contribution < -0.4 is 5.73 Å². The monoisotopic (exact) mass is 309 g/mol. The van der Waals surface area contributed by atoms with Gasteiger partial charge in [-0.2, -0.15) is 13.2 Å². The number of hydrogen-bond acceptors (Lipinski definition) is 2. The summed E-state index contributed by atoms with van der Waals surface area (Å²) < 4.78 is 76.0. The molecule has 0 unspecified atom stereocenters. The first-order chi connectivity index (χ1) is 8.09. The van der Waals surface area contributed by atoms with Gasteiger partial charge in [-0.15, -0.1) is 12.4 Å².